The van der Waals surface area contributed by atoms with E-state index in [0.717, 1.165) is 22.9 Å². The van der Waals surface area contributed by atoms with Crippen molar-refractivity contribution in [3.8, 4) is 10.7 Å². The van der Waals surface area contributed by atoms with Gasteiger partial charge in [0.2, 0.25) is 11.1 Å². The fourth-order valence-electron chi connectivity index (χ4n) is 2.15. The second-order valence-corrected chi connectivity index (χ2v) is 7.99. The van der Waals surface area contributed by atoms with E-state index in [2.05, 4.69) is 19.9 Å². The first-order valence-electron chi connectivity index (χ1n) is 7.49. The maximum Gasteiger partial charge on any atom is 0.333 e. The fraction of sp³-hybridized carbons (Fsp3) is 0.333. The summed E-state index contributed by atoms with van der Waals surface area (Å²) in [5, 5.41) is 10.5. The number of H-pyrrole nitrogens is 1. The van der Waals surface area contributed by atoms with Crippen LogP contribution in [0, 0.1) is 0 Å². The lowest BCUT2D eigenvalue weighted by atomic mass is 10.4. The molecule has 10 heteroatoms. The highest BCUT2D eigenvalue weighted by Gasteiger charge is 2.26. The molecule has 0 aliphatic carbocycles. The highest BCUT2D eigenvalue weighted by Crippen LogP contribution is 2.29. The predicted octanol–water partition coefficient (Wildman–Crippen LogP) is 2.61. The molecule has 1 aliphatic rings. The molecule has 2 aromatic rings. The van der Waals surface area contributed by atoms with E-state index in [0.29, 0.717) is 22.5 Å². The van der Waals surface area contributed by atoms with Gasteiger partial charge in [0.05, 0.1) is 28.8 Å². The van der Waals surface area contributed by atoms with Crippen LogP contribution in [0.4, 0.5) is 0 Å². The van der Waals surface area contributed by atoms with E-state index in [4.69, 9.17) is 0 Å². The minimum atomic E-state index is -0.446. The minimum absolute atomic E-state index is 0.0167. The third-order valence-electron chi connectivity index (χ3n) is 3.33. The Bertz CT molecular complexity index is 773. The number of ether oxygens (including phenoxy) is 1. The van der Waals surface area contributed by atoms with Crippen LogP contribution < -0.4 is 0 Å². The Morgan fingerprint density at radius 3 is 3.20 bits per heavy atom. The van der Waals surface area contributed by atoms with Crippen molar-refractivity contribution in [1.29, 1.82) is 0 Å². The van der Waals surface area contributed by atoms with E-state index in [1.165, 1.54) is 36.7 Å². The van der Waals surface area contributed by atoms with Gasteiger partial charge in [-0.3, -0.25) is 9.89 Å². The molecule has 0 unspecified atom stereocenters. The average Bonchev–Trinajstić information content (AvgIpc) is 3.34. The van der Waals surface area contributed by atoms with Gasteiger partial charge in [-0.15, -0.1) is 16.4 Å². The number of esters is 1. The lowest BCUT2D eigenvalue weighted by molar-refractivity contribution is -0.134. The number of hydrogen-bond acceptors (Lipinski definition) is 8. The Morgan fingerprint density at radius 2 is 2.44 bits per heavy atom. The molecule has 132 valence electrons. The topological polar surface area (TPSA) is 88.2 Å². The van der Waals surface area contributed by atoms with Crippen LogP contribution in [0.5, 0.6) is 0 Å². The Kier molecular flexibility index (Phi) is 6.16. The molecule has 0 spiro atoms. The van der Waals surface area contributed by atoms with Gasteiger partial charge in [0, 0.05) is 12.3 Å². The van der Waals surface area contributed by atoms with Crippen molar-refractivity contribution in [3.05, 3.63) is 28.6 Å². The Hall–Kier alpha value is -1.78. The summed E-state index contributed by atoms with van der Waals surface area (Å²) in [6.45, 7) is 0.559. The number of thioether (sulfide) groups is 2. The summed E-state index contributed by atoms with van der Waals surface area (Å²) in [7, 11) is 1.32. The average molecular weight is 397 g/mol. The molecule has 25 heavy (non-hydrogen) atoms. The summed E-state index contributed by atoms with van der Waals surface area (Å²) in [5.41, 5.74) is 0. The maximum atomic E-state index is 11.9. The van der Waals surface area contributed by atoms with Crippen LogP contribution in [0.2, 0.25) is 0 Å². The van der Waals surface area contributed by atoms with Crippen molar-refractivity contribution in [3.63, 3.8) is 0 Å². The number of nitrogens with zero attached hydrogens (tertiary/aromatic N) is 3. The molecule has 1 saturated heterocycles. The first-order valence-corrected chi connectivity index (χ1v) is 10.3. The van der Waals surface area contributed by atoms with Crippen LogP contribution in [0.1, 0.15) is 6.42 Å². The van der Waals surface area contributed by atoms with Crippen LogP contribution in [-0.2, 0) is 14.3 Å². The van der Waals surface area contributed by atoms with Crippen LogP contribution in [0.3, 0.4) is 0 Å². The maximum absolute atomic E-state index is 11.9. The summed E-state index contributed by atoms with van der Waals surface area (Å²) in [6.07, 6.45) is 2.14. The summed E-state index contributed by atoms with van der Waals surface area (Å²) < 4.78 is 4.62. The van der Waals surface area contributed by atoms with Crippen molar-refractivity contribution < 1.29 is 14.3 Å². The monoisotopic (exact) mass is 396 g/mol. The van der Waals surface area contributed by atoms with Crippen LogP contribution in [0.15, 0.2) is 33.8 Å². The second-order valence-electron chi connectivity index (χ2n) is 4.99. The second kappa shape index (κ2) is 8.54. The van der Waals surface area contributed by atoms with E-state index in [1.54, 1.807) is 16.2 Å². The zero-order valence-electron chi connectivity index (χ0n) is 13.4. The van der Waals surface area contributed by atoms with Gasteiger partial charge in [-0.1, -0.05) is 29.6 Å². The molecule has 1 amide bonds. The lowest BCUT2D eigenvalue weighted by Gasteiger charge is -2.16. The Balaban J connectivity index is 1.48. The molecular weight excluding hydrogens is 380 g/mol. The third kappa shape index (κ3) is 4.65. The first-order chi connectivity index (χ1) is 12.2. The molecule has 2 aromatic heterocycles. The van der Waals surface area contributed by atoms with Gasteiger partial charge in [0.1, 0.15) is 0 Å². The number of hydrogen-bond donors (Lipinski definition) is 1. The van der Waals surface area contributed by atoms with Gasteiger partial charge in [-0.05, 0) is 17.9 Å². The summed E-state index contributed by atoms with van der Waals surface area (Å²) in [6, 6.07) is 3.96. The van der Waals surface area contributed by atoms with Gasteiger partial charge < -0.3 is 9.64 Å². The quantitative estimate of drug-likeness (QED) is 0.333. The molecule has 0 saturated carbocycles. The summed E-state index contributed by atoms with van der Waals surface area (Å²) >= 11 is 4.51. The van der Waals surface area contributed by atoms with Crippen molar-refractivity contribution in [2.75, 3.05) is 25.2 Å². The van der Waals surface area contributed by atoms with Crippen molar-refractivity contribution >= 4 is 46.7 Å². The van der Waals surface area contributed by atoms with Gasteiger partial charge >= 0.3 is 5.97 Å². The molecule has 1 N–H and O–H groups in total. The van der Waals surface area contributed by atoms with E-state index in [9.17, 15) is 9.59 Å². The normalized spacial score (nSPS) is 16.0. The summed E-state index contributed by atoms with van der Waals surface area (Å²) in [5.74, 6) is 1.48. The van der Waals surface area contributed by atoms with Crippen molar-refractivity contribution in [2.24, 2.45) is 0 Å². The Morgan fingerprint density at radius 1 is 1.56 bits per heavy atom. The van der Waals surface area contributed by atoms with Crippen LogP contribution in [0.25, 0.3) is 10.7 Å². The van der Waals surface area contributed by atoms with Gasteiger partial charge in [0.15, 0.2) is 5.82 Å². The SMILES string of the molecule is COC(=O)/C=C1/SCC(=O)N1CCCSc1n[nH]c(-c2cccs2)n1. The molecule has 0 atom stereocenters. The van der Waals surface area contributed by atoms with Crippen molar-refractivity contribution in [1.82, 2.24) is 20.1 Å². The molecule has 1 fully saturated rings. The lowest BCUT2D eigenvalue weighted by Crippen LogP contribution is -2.26. The number of aromatic nitrogens is 3. The number of aromatic amines is 1. The number of nitrogens with one attached hydrogen (secondary N) is 1. The smallest absolute Gasteiger partial charge is 0.333 e. The summed E-state index contributed by atoms with van der Waals surface area (Å²) in [4.78, 5) is 30.4. The predicted molar refractivity (Wildman–Crippen MR) is 99.3 cm³/mol. The number of thiophene rings is 1. The van der Waals surface area contributed by atoms with E-state index < -0.39 is 5.97 Å². The third-order valence-corrected chi connectivity index (χ3v) is 6.17. The Labute approximate surface area is 157 Å². The number of amides is 1. The van der Waals surface area contributed by atoms with Gasteiger partial charge in [-0.2, -0.15) is 0 Å². The molecule has 3 rings (SSSR count). The standard InChI is InChI=1S/C15H16N4O3S3/c1-22-13(21)8-12-19(11(20)9-25-12)5-3-7-24-15-16-14(17-18-15)10-4-2-6-23-10/h2,4,6,8H,3,5,7,9H2,1H3,(H,16,17,18)/b12-8+. The van der Waals surface area contributed by atoms with Gasteiger partial charge in [-0.25, -0.2) is 9.78 Å². The van der Waals surface area contributed by atoms with Crippen LogP contribution >= 0.6 is 34.9 Å². The molecule has 0 bridgehead atoms. The number of carbonyl (C=O) groups is 2. The molecule has 1 aliphatic heterocycles. The van der Waals surface area contributed by atoms with Crippen LogP contribution in [-0.4, -0.2) is 57.1 Å². The molecule has 0 radical (unpaired) electrons. The first kappa shape index (κ1) is 18.0. The number of methoxy groups -OCH3 is 1. The molecule has 0 aromatic carbocycles. The zero-order chi connectivity index (χ0) is 17.6. The van der Waals surface area contributed by atoms with E-state index >= 15 is 0 Å². The molecular formula is C15H16N4O3S3. The molecule has 7 nitrogen and oxygen atoms in total. The van der Waals surface area contributed by atoms with Gasteiger partial charge in [0.25, 0.3) is 0 Å². The largest absolute Gasteiger partial charge is 0.466 e. The van der Waals surface area contributed by atoms with E-state index in [1.807, 2.05) is 17.5 Å². The zero-order valence-corrected chi connectivity index (χ0v) is 15.9. The highest BCUT2D eigenvalue weighted by molar-refractivity contribution is 8.04. The fourth-order valence-corrected chi connectivity index (χ4v) is 4.49. The minimum Gasteiger partial charge on any atom is -0.466 e. The van der Waals surface area contributed by atoms with Crippen molar-refractivity contribution in [2.45, 2.75) is 11.6 Å². The molecule has 3 heterocycles. The highest BCUT2D eigenvalue weighted by atomic mass is 32.2. The van der Waals surface area contributed by atoms with E-state index in [-0.39, 0.29) is 5.91 Å². The number of carbonyl (C=O) groups excluding carboxylic acids is 2. The number of rotatable bonds is 7.